The molecule has 0 bridgehead atoms. The van der Waals surface area contributed by atoms with E-state index in [1.54, 1.807) is 4.31 Å². The fourth-order valence-corrected chi connectivity index (χ4v) is 4.26. The summed E-state index contributed by atoms with van der Waals surface area (Å²) in [5.74, 6) is 0.384. The van der Waals surface area contributed by atoms with E-state index in [2.05, 4.69) is 29.2 Å². The number of rotatable bonds is 5. The van der Waals surface area contributed by atoms with Gasteiger partial charge >= 0.3 is 0 Å². The van der Waals surface area contributed by atoms with E-state index in [-0.39, 0.29) is 0 Å². The Labute approximate surface area is 144 Å². The molecular weight excluding hydrogens is 320 g/mol. The Morgan fingerprint density at radius 1 is 1.12 bits per heavy atom. The molecule has 1 aromatic heterocycles. The third-order valence-electron chi connectivity index (χ3n) is 4.59. The number of sulfonamides is 1. The van der Waals surface area contributed by atoms with E-state index in [0.717, 1.165) is 31.4 Å². The van der Waals surface area contributed by atoms with Gasteiger partial charge in [-0.1, -0.05) is 36.4 Å². The van der Waals surface area contributed by atoms with Gasteiger partial charge in [0, 0.05) is 31.4 Å². The lowest BCUT2D eigenvalue weighted by molar-refractivity contribution is 0.266. The average Bonchev–Trinajstić information content (AvgIpc) is 2.57. The van der Waals surface area contributed by atoms with Crippen molar-refractivity contribution in [1.82, 2.24) is 9.29 Å². The van der Waals surface area contributed by atoms with Gasteiger partial charge in [-0.15, -0.1) is 0 Å². The monoisotopic (exact) mass is 344 g/mol. The number of aromatic nitrogens is 1. The first kappa shape index (κ1) is 17.1. The van der Waals surface area contributed by atoms with Crippen molar-refractivity contribution >= 4 is 10.0 Å². The van der Waals surface area contributed by atoms with Crippen LogP contribution < -0.4 is 0 Å². The van der Waals surface area contributed by atoms with Crippen LogP contribution in [0.15, 0.2) is 48.7 Å². The quantitative estimate of drug-likeness (QED) is 0.838. The van der Waals surface area contributed by atoms with Gasteiger partial charge in [0.05, 0.1) is 6.26 Å². The normalized spacial score (nSPS) is 19.3. The molecule has 1 aromatic carbocycles. The smallest absolute Gasteiger partial charge is 0.211 e. The summed E-state index contributed by atoms with van der Waals surface area (Å²) in [6, 6.07) is 14.5. The van der Waals surface area contributed by atoms with Gasteiger partial charge in [-0.05, 0) is 42.4 Å². The van der Waals surface area contributed by atoms with Crippen molar-refractivity contribution in [3.8, 4) is 0 Å². The molecule has 3 rings (SSSR count). The second-order valence-electron chi connectivity index (χ2n) is 6.65. The molecule has 1 aliphatic heterocycles. The van der Waals surface area contributed by atoms with E-state index >= 15 is 0 Å². The summed E-state index contributed by atoms with van der Waals surface area (Å²) in [7, 11) is -3.07. The molecule has 1 saturated heterocycles. The zero-order valence-electron chi connectivity index (χ0n) is 14.1. The average molecular weight is 344 g/mol. The summed E-state index contributed by atoms with van der Waals surface area (Å²) in [6.45, 7) is 1.29. The molecule has 0 radical (unpaired) electrons. The van der Waals surface area contributed by atoms with Gasteiger partial charge in [0.15, 0.2) is 0 Å². The molecule has 0 N–H and O–H groups in total. The van der Waals surface area contributed by atoms with Crippen LogP contribution >= 0.6 is 0 Å². The zero-order chi connectivity index (χ0) is 17.0. The highest BCUT2D eigenvalue weighted by molar-refractivity contribution is 7.88. The standard InChI is InChI=1S/C19H24N2O2S/c1-24(22,23)21-11-5-8-18(15-21)12-17-9-10-19(20-14-17)13-16-6-3-2-4-7-16/h2-4,6-7,9-10,14,18H,5,8,11-13,15H2,1H3. The van der Waals surface area contributed by atoms with Crippen LogP contribution in [-0.2, 0) is 22.9 Å². The van der Waals surface area contributed by atoms with Crippen molar-refractivity contribution < 1.29 is 8.42 Å². The first-order valence-corrected chi connectivity index (χ1v) is 10.3. The van der Waals surface area contributed by atoms with E-state index in [1.165, 1.54) is 17.4 Å². The van der Waals surface area contributed by atoms with Crippen molar-refractivity contribution in [2.75, 3.05) is 19.3 Å². The molecule has 2 heterocycles. The van der Waals surface area contributed by atoms with Crippen LogP contribution in [0.1, 0.15) is 29.7 Å². The minimum Gasteiger partial charge on any atom is -0.261 e. The molecule has 5 heteroatoms. The Kier molecular flexibility index (Phi) is 5.31. The van der Waals surface area contributed by atoms with Crippen molar-refractivity contribution in [1.29, 1.82) is 0 Å². The van der Waals surface area contributed by atoms with Crippen molar-refractivity contribution in [2.45, 2.75) is 25.7 Å². The van der Waals surface area contributed by atoms with Gasteiger partial charge < -0.3 is 0 Å². The van der Waals surface area contributed by atoms with E-state index in [1.807, 2.05) is 24.4 Å². The van der Waals surface area contributed by atoms with Crippen LogP contribution in [0.25, 0.3) is 0 Å². The summed E-state index contributed by atoms with van der Waals surface area (Å²) < 4.78 is 25.0. The molecule has 1 unspecified atom stereocenters. The number of pyridine rings is 1. The summed E-state index contributed by atoms with van der Waals surface area (Å²) in [4.78, 5) is 4.58. The number of nitrogens with zero attached hydrogens (tertiary/aromatic N) is 2. The second-order valence-corrected chi connectivity index (χ2v) is 8.64. The van der Waals surface area contributed by atoms with Crippen LogP contribution in [0.5, 0.6) is 0 Å². The molecule has 1 atom stereocenters. The molecule has 128 valence electrons. The van der Waals surface area contributed by atoms with Crippen molar-refractivity contribution in [3.63, 3.8) is 0 Å². The molecule has 0 saturated carbocycles. The maximum Gasteiger partial charge on any atom is 0.211 e. The Bertz CT molecular complexity index is 758. The highest BCUT2D eigenvalue weighted by atomic mass is 32.2. The Morgan fingerprint density at radius 2 is 1.92 bits per heavy atom. The largest absolute Gasteiger partial charge is 0.261 e. The van der Waals surface area contributed by atoms with Gasteiger partial charge in [-0.2, -0.15) is 0 Å². The third kappa shape index (κ3) is 4.65. The predicted octanol–water partition coefficient (Wildman–Crippen LogP) is 2.89. The molecule has 2 aromatic rings. The molecule has 0 spiro atoms. The topological polar surface area (TPSA) is 50.3 Å². The predicted molar refractivity (Wildman–Crippen MR) is 96.3 cm³/mol. The lowest BCUT2D eigenvalue weighted by Gasteiger charge is -2.30. The van der Waals surface area contributed by atoms with Gasteiger partial charge in [0.25, 0.3) is 0 Å². The number of hydrogen-bond donors (Lipinski definition) is 0. The Hall–Kier alpha value is -1.72. The number of hydrogen-bond acceptors (Lipinski definition) is 3. The molecule has 0 amide bonds. The second kappa shape index (κ2) is 7.45. The SMILES string of the molecule is CS(=O)(=O)N1CCCC(Cc2ccc(Cc3ccccc3)nc2)C1. The van der Waals surface area contributed by atoms with Gasteiger partial charge in [0.1, 0.15) is 0 Å². The van der Waals surface area contributed by atoms with Crippen LogP contribution in [0.3, 0.4) is 0 Å². The van der Waals surface area contributed by atoms with Gasteiger partial charge in [-0.3, -0.25) is 4.98 Å². The van der Waals surface area contributed by atoms with E-state index in [9.17, 15) is 8.42 Å². The number of benzene rings is 1. The summed E-state index contributed by atoms with van der Waals surface area (Å²) >= 11 is 0. The Balaban J connectivity index is 1.60. The maximum atomic E-state index is 11.7. The van der Waals surface area contributed by atoms with E-state index in [4.69, 9.17) is 0 Å². The third-order valence-corrected chi connectivity index (χ3v) is 5.86. The highest BCUT2D eigenvalue weighted by Gasteiger charge is 2.25. The summed E-state index contributed by atoms with van der Waals surface area (Å²) in [5, 5.41) is 0. The fourth-order valence-electron chi connectivity index (χ4n) is 3.31. The fraction of sp³-hybridized carbons (Fsp3) is 0.421. The van der Waals surface area contributed by atoms with Gasteiger partial charge in [-0.25, -0.2) is 12.7 Å². The molecule has 1 fully saturated rings. The molecule has 1 aliphatic rings. The van der Waals surface area contributed by atoms with E-state index in [0.29, 0.717) is 19.0 Å². The molecule has 0 aliphatic carbocycles. The van der Waals surface area contributed by atoms with Crippen LogP contribution in [-0.4, -0.2) is 37.1 Å². The molecule has 4 nitrogen and oxygen atoms in total. The lowest BCUT2D eigenvalue weighted by Crippen LogP contribution is -2.39. The summed E-state index contributed by atoms with van der Waals surface area (Å²) in [6.07, 6.45) is 7.00. The highest BCUT2D eigenvalue weighted by Crippen LogP contribution is 2.22. The van der Waals surface area contributed by atoms with Crippen molar-refractivity contribution in [3.05, 3.63) is 65.5 Å². The minimum atomic E-state index is -3.07. The van der Waals surface area contributed by atoms with Gasteiger partial charge in [0.2, 0.25) is 10.0 Å². The molecular formula is C19H24N2O2S. The Morgan fingerprint density at radius 3 is 2.58 bits per heavy atom. The first-order chi connectivity index (χ1) is 11.5. The minimum absolute atomic E-state index is 0.384. The van der Waals surface area contributed by atoms with Crippen LogP contribution in [0.4, 0.5) is 0 Å². The lowest BCUT2D eigenvalue weighted by atomic mass is 9.93. The maximum absolute atomic E-state index is 11.7. The van der Waals surface area contributed by atoms with Crippen LogP contribution in [0.2, 0.25) is 0 Å². The van der Waals surface area contributed by atoms with E-state index < -0.39 is 10.0 Å². The van der Waals surface area contributed by atoms with Crippen molar-refractivity contribution in [2.24, 2.45) is 5.92 Å². The molecule has 24 heavy (non-hydrogen) atoms. The van der Waals surface area contributed by atoms with Crippen LogP contribution in [0, 0.1) is 5.92 Å². The zero-order valence-corrected chi connectivity index (χ0v) is 14.9. The summed E-state index contributed by atoms with van der Waals surface area (Å²) in [5.41, 5.74) is 3.51. The first-order valence-electron chi connectivity index (χ1n) is 8.43. The number of piperidine rings is 1.